The number of aryl methyl sites for hydroxylation is 1. The average molecular weight is 371 g/mol. The highest BCUT2D eigenvalue weighted by Gasteiger charge is 2.12. The van der Waals surface area contributed by atoms with Crippen LogP contribution in [0.25, 0.3) is 11.3 Å². The molecule has 0 saturated carbocycles. The van der Waals surface area contributed by atoms with E-state index in [-0.39, 0.29) is 24.7 Å². The molecule has 3 heterocycles. The Hall–Kier alpha value is -3.14. The Labute approximate surface area is 153 Å². The molecule has 3 rings (SSSR count). The number of aromatic amines is 1. The van der Waals surface area contributed by atoms with Crippen molar-refractivity contribution in [2.45, 2.75) is 26.2 Å². The molecule has 9 nitrogen and oxygen atoms in total. The lowest BCUT2D eigenvalue weighted by atomic mass is 10.2. The van der Waals surface area contributed by atoms with Gasteiger partial charge in [0.05, 0.1) is 5.69 Å². The zero-order valence-electron chi connectivity index (χ0n) is 14.0. The lowest BCUT2D eigenvalue weighted by Crippen LogP contribution is -2.17. The van der Waals surface area contributed by atoms with Gasteiger partial charge in [-0.2, -0.15) is 5.10 Å². The summed E-state index contributed by atoms with van der Waals surface area (Å²) >= 11 is 1.33. The molecule has 3 aromatic rings. The minimum atomic E-state index is -0.292. The van der Waals surface area contributed by atoms with Gasteiger partial charge in [-0.05, 0) is 18.6 Å². The number of rotatable bonds is 7. The van der Waals surface area contributed by atoms with E-state index in [2.05, 4.69) is 36.0 Å². The maximum absolute atomic E-state index is 12.0. The number of pyridine rings is 1. The van der Waals surface area contributed by atoms with Crippen molar-refractivity contribution in [2.24, 2.45) is 0 Å². The summed E-state index contributed by atoms with van der Waals surface area (Å²) in [4.78, 5) is 27.8. The number of hydrogen-bond acceptors (Lipinski definition) is 7. The minimum absolute atomic E-state index is 0.0444. The second kappa shape index (κ2) is 8.30. The topological polar surface area (TPSA) is 126 Å². The number of nitrogens with zero attached hydrogens (tertiary/aromatic N) is 4. The molecular weight excluding hydrogens is 354 g/mol. The van der Waals surface area contributed by atoms with E-state index in [9.17, 15) is 9.59 Å². The lowest BCUT2D eigenvalue weighted by molar-refractivity contribution is -0.121. The van der Waals surface area contributed by atoms with Crippen molar-refractivity contribution in [1.82, 2.24) is 25.4 Å². The van der Waals surface area contributed by atoms with E-state index >= 15 is 0 Å². The summed E-state index contributed by atoms with van der Waals surface area (Å²) < 4.78 is 0. The van der Waals surface area contributed by atoms with E-state index in [1.807, 2.05) is 19.1 Å². The number of nitrogens with one attached hydrogen (secondary N) is 3. The number of anilines is 2. The molecule has 0 spiro atoms. The van der Waals surface area contributed by atoms with Crippen molar-refractivity contribution >= 4 is 34.1 Å². The van der Waals surface area contributed by atoms with Crippen LogP contribution >= 0.6 is 11.3 Å². The summed E-state index contributed by atoms with van der Waals surface area (Å²) in [6.45, 7) is 1.96. The van der Waals surface area contributed by atoms with Gasteiger partial charge in [0.15, 0.2) is 5.82 Å². The largest absolute Gasteiger partial charge is 0.309 e. The smallest absolute Gasteiger partial charge is 0.226 e. The van der Waals surface area contributed by atoms with Crippen LogP contribution < -0.4 is 10.6 Å². The van der Waals surface area contributed by atoms with Gasteiger partial charge in [-0.3, -0.25) is 19.7 Å². The molecular formula is C16H17N7O2S. The van der Waals surface area contributed by atoms with Gasteiger partial charge in [0.25, 0.3) is 0 Å². The predicted octanol–water partition coefficient (Wildman–Crippen LogP) is 2.24. The summed E-state index contributed by atoms with van der Waals surface area (Å²) in [7, 11) is 0. The fourth-order valence-corrected chi connectivity index (χ4v) is 2.82. The predicted molar refractivity (Wildman–Crippen MR) is 97.6 cm³/mol. The third-order valence-corrected chi connectivity index (χ3v) is 4.41. The molecule has 3 aromatic heterocycles. The zero-order valence-corrected chi connectivity index (χ0v) is 14.8. The Balaban J connectivity index is 1.47. The molecule has 26 heavy (non-hydrogen) atoms. The van der Waals surface area contributed by atoms with E-state index in [4.69, 9.17) is 0 Å². The first-order chi connectivity index (χ1) is 12.6. The fourth-order valence-electron chi connectivity index (χ4n) is 2.13. The molecule has 0 aromatic carbocycles. The molecule has 0 aliphatic rings. The first kappa shape index (κ1) is 17.7. The molecule has 10 heteroatoms. The number of hydrogen-bond donors (Lipinski definition) is 3. The number of aromatic nitrogens is 5. The molecule has 0 saturated heterocycles. The van der Waals surface area contributed by atoms with Crippen molar-refractivity contribution in [3.05, 3.63) is 35.6 Å². The third kappa shape index (κ3) is 4.70. The van der Waals surface area contributed by atoms with Gasteiger partial charge in [0, 0.05) is 36.9 Å². The second-order valence-corrected chi connectivity index (χ2v) is 6.42. The van der Waals surface area contributed by atoms with E-state index in [1.54, 1.807) is 18.5 Å². The van der Waals surface area contributed by atoms with Gasteiger partial charge >= 0.3 is 0 Å². The SMILES string of the molecule is CCc1nnc(NC(=O)CCC(=O)Nc2cc(-c3ccncc3)[nH]n2)s1. The molecule has 0 atom stereocenters. The minimum Gasteiger partial charge on any atom is -0.309 e. The zero-order chi connectivity index (χ0) is 18.4. The molecule has 0 aliphatic carbocycles. The molecule has 0 fully saturated rings. The quantitative estimate of drug-likeness (QED) is 0.585. The summed E-state index contributed by atoms with van der Waals surface area (Å²) in [6.07, 6.45) is 4.21. The molecule has 2 amide bonds. The lowest BCUT2D eigenvalue weighted by Gasteiger charge is -2.02. The molecule has 3 N–H and O–H groups in total. The summed E-state index contributed by atoms with van der Waals surface area (Å²) in [5.74, 6) is -0.170. The van der Waals surface area contributed by atoms with Gasteiger partial charge in [-0.15, -0.1) is 10.2 Å². The van der Waals surface area contributed by atoms with Crippen LogP contribution in [0.4, 0.5) is 10.9 Å². The highest BCUT2D eigenvalue weighted by atomic mass is 32.1. The number of H-pyrrole nitrogens is 1. The molecule has 0 radical (unpaired) electrons. The van der Waals surface area contributed by atoms with Crippen LogP contribution in [0.1, 0.15) is 24.8 Å². The number of carbonyl (C=O) groups excluding carboxylic acids is 2. The number of amides is 2. The van der Waals surface area contributed by atoms with Crippen LogP contribution in [-0.2, 0) is 16.0 Å². The fraction of sp³-hybridized carbons (Fsp3) is 0.250. The monoisotopic (exact) mass is 371 g/mol. The van der Waals surface area contributed by atoms with Crippen LogP contribution in [0.15, 0.2) is 30.6 Å². The average Bonchev–Trinajstić information content (AvgIpc) is 3.30. The Morgan fingerprint density at radius 2 is 1.85 bits per heavy atom. The normalized spacial score (nSPS) is 10.5. The molecule has 134 valence electrons. The van der Waals surface area contributed by atoms with Gasteiger partial charge in [-0.25, -0.2) is 0 Å². The molecule has 0 aliphatic heterocycles. The standard InChI is InChI=1S/C16H17N7O2S/c1-2-15-22-23-16(26-15)19-14(25)4-3-13(24)18-12-9-11(20-21-12)10-5-7-17-8-6-10/h5-9H,2-4H2,1H3,(H,19,23,25)(H2,18,20,21,24). The Morgan fingerprint density at radius 3 is 2.54 bits per heavy atom. The third-order valence-electron chi connectivity index (χ3n) is 3.43. The van der Waals surface area contributed by atoms with E-state index < -0.39 is 0 Å². The Morgan fingerprint density at radius 1 is 1.12 bits per heavy atom. The summed E-state index contributed by atoms with van der Waals surface area (Å²) in [5, 5.41) is 21.3. The highest BCUT2D eigenvalue weighted by Crippen LogP contribution is 2.19. The van der Waals surface area contributed by atoms with E-state index in [1.165, 1.54) is 11.3 Å². The highest BCUT2D eigenvalue weighted by molar-refractivity contribution is 7.15. The van der Waals surface area contributed by atoms with Crippen LogP contribution in [0.5, 0.6) is 0 Å². The van der Waals surface area contributed by atoms with Crippen molar-refractivity contribution in [3.8, 4) is 11.3 Å². The first-order valence-electron chi connectivity index (χ1n) is 8.02. The van der Waals surface area contributed by atoms with Crippen molar-refractivity contribution < 1.29 is 9.59 Å². The number of carbonyl (C=O) groups is 2. The summed E-state index contributed by atoms with van der Waals surface area (Å²) in [5.41, 5.74) is 1.68. The van der Waals surface area contributed by atoms with Crippen molar-refractivity contribution in [3.63, 3.8) is 0 Å². The van der Waals surface area contributed by atoms with E-state index in [0.29, 0.717) is 10.9 Å². The van der Waals surface area contributed by atoms with Crippen LogP contribution in [0.3, 0.4) is 0 Å². The van der Waals surface area contributed by atoms with Gasteiger partial charge < -0.3 is 10.6 Å². The van der Waals surface area contributed by atoms with Gasteiger partial charge in [0.2, 0.25) is 16.9 Å². The van der Waals surface area contributed by atoms with Gasteiger partial charge in [-0.1, -0.05) is 18.3 Å². The molecule has 0 unspecified atom stereocenters. The first-order valence-corrected chi connectivity index (χ1v) is 8.83. The summed E-state index contributed by atoms with van der Waals surface area (Å²) in [6, 6.07) is 5.39. The molecule has 0 bridgehead atoms. The van der Waals surface area contributed by atoms with Crippen molar-refractivity contribution in [2.75, 3.05) is 10.6 Å². The van der Waals surface area contributed by atoms with Crippen LogP contribution in [0.2, 0.25) is 0 Å². The van der Waals surface area contributed by atoms with Crippen LogP contribution in [0, 0.1) is 0 Å². The van der Waals surface area contributed by atoms with Gasteiger partial charge in [0.1, 0.15) is 5.01 Å². The van der Waals surface area contributed by atoms with Crippen molar-refractivity contribution in [1.29, 1.82) is 0 Å². The van der Waals surface area contributed by atoms with E-state index in [0.717, 1.165) is 22.7 Å². The maximum atomic E-state index is 12.0. The second-order valence-electron chi connectivity index (χ2n) is 5.35. The van der Waals surface area contributed by atoms with Crippen LogP contribution in [-0.4, -0.2) is 37.2 Å². The Bertz CT molecular complexity index is 891. The Kier molecular flexibility index (Phi) is 5.64. The maximum Gasteiger partial charge on any atom is 0.226 e.